The molecule has 2 aliphatic heterocycles. The van der Waals surface area contributed by atoms with Gasteiger partial charge in [0.1, 0.15) is 0 Å². The first-order valence-corrected chi connectivity index (χ1v) is 11.6. The van der Waals surface area contributed by atoms with Crippen LogP contribution in [0.2, 0.25) is 0 Å². The van der Waals surface area contributed by atoms with Gasteiger partial charge >= 0.3 is 0 Å². The summed E-state index contributed by atoms with van der Waals surface area (Å²) >= 11 is 0. The Morgan fingerprint density at radius 1 is 0.862 bits per heavy atom. The van der Waals surface area contributed by atoms with Crippen molar-refractivity contribution in [3.05, 3.63) is 29.8 Å². The minimum atomic E-state index is -3.41. The molecule has 2 fully saturated rings. The lowest BCUT2D eigenvalue weighted by Gasteiger charge is -2.36. The molecule has 1 N–H and O–H groups in total. The first-order chi connectivity index (χ1) is 13.9. The average molecular weight is 423 g/mol. The fourth-order valence-electron chi connectivity index (χ4n) is 3.75. The number of amides is 1. The molecule has 0 aliphatic carbocycles. The molecule has 0 unspecified atom stereocenters. The predicted molar refractivity (Wildman–Crippen MR) is 112 cm³/mol. The molecular weight excluding hydrogens is 392 g/mol. The van der Waals surface area contributed by atoms with Gasteiger partial charge in [-0.2, -0.15) is 17.0 Å². The van der Waals surface area contributed by atoms with Gasteiger partial charge in [0, 0.05) is 50.5 Å². The molecule has 0 saturated carbocycles. The highest BCUT2D eigenvalue weighted by molar-refractivity contribution is 7.86. The Labute approximate surface area is 173 Å². The predicted octanol–water partition coefficient (Wildman–Crippen LogP) is 1.57. The van der Waals surface area contributed by atoms with E-state index in [0.717, 1.165) is 25.7 Å². The molecule has 0 radical (unpaired) electrons. The molecule has 9 heteroatoms. The summed E-state index contributed by atoms with van der Waals surface area (Å²) in [6, 6.07) is 6.79. The molecule has 0 bridgehead atoms. The molecule has 1 amide bonds. The minimum absolute atomic E-state index is 0.0177. The highest BCUT2D eigenvalue weighted by atomic mass is 32.2. The maximum Gasteiger partial charge on any atom is 0.282 e. The number of rotatable bonds is 6. The number of nitrogens with zero attached hydrogens (tertiary/aromatic N) is 3. The Morgan fingerprint density at radius 2 is 1.41 bits per heavy atom. The lowest BCUT2D eigenvalue weighted by atomic mass is 10.1. The summed E-state index contributed by atoms with van der Waals surface area (Å²) < 4.78 is 28.9. The SMILES string of the molecule is CC(=O)c1ccc(NC(=O)CN2CCN(S(=O)(=O)N3CCCCCC3)CC2)cc1. The Hall–Kier alpha value is -1.81. The number of anilines is 1. The van der Waals surface area contributed by atoms with Crippen molar-refractivity contribution >= 4 is 27.6 Å². The summed E-state index contributed by atoms with van der Waals surface area (Å²) in [4.78, 5) is 25.6. The summed E-state index contributed by atoms with van der Waals surface area (Å²) in [5, 5.41) is 2.82. The minimum Gasteiger partial charge on any atom is -0.325 e. The van der Waals surface area contributed by atoms with E-state index in [0.29, 0.717) is 50.5 Å². The Morgan fingerprint density at radius 3 is 1.97 bits per heavy atom. The number of ketones is 1. The number of piperazine rings is 1. The number of carbonyl (C=O) groups is 2. The normalized spacial score (nSPS) is 20.2. The molecule has 0 aromatic heterocycles. The van der Waals surface area contributed by atoms with E-state index in [1.54, 1.807) is 32.9 Å². The van der Waals surface area contributed by atoms with Crippen molar-refractivity contribution in [2.45, 2.75) is 32.6 Å². The number of carbonyl (C=O) groups excluding carboxylic acids is 2. The molecule has 0 spiro atoms. The van der Waals surface area contributed by atoms with Crippen LogP contribution in [0.25, 0.3) is 0 Å². The number of Topliss-reactive ketones (excluding diaryl/α,β-unsaturated/α-hetero) is 1. The van der Waals surface area contributed by atoms with Gasteiger partial charge in [0.2, 0.25) is 5.91 Å². The van der Waals surface area contributed by atoms with Crippen LogP contribution < -0.4 is 5.32 Å². The van der Waals surface area contributed by atoms with Crippen molar-refractivity contribution in [1.29, 1.82) is 0 Å². The summed E-state index contributed by atoms with van der Waals surface area (Å²) in [7, 11) is -3.41. The molecule has 29 heavy (non-hydrogen) atoms. The second kappa shape index (κ2) is 9.80. The quantitative estimate of drug-likeness (QED) is 0.703. The molecule has 1 aromatic rings. The topological polar surface area (TPSA) is 90.0 Å². The summed E-state index contributed by atoms with van der Waals surface area (Å²) in [6.45, 7) is 4.79. The Bertz CT molecular complexity index is 809. The van der Waals surface area contributed by atoms with E-state index < -0.39 is 10.2 Å². The van der Waals surface area contributed by atoms with Gasteiger partial charge in [-0.05, 0) is 44.0 Å². The van der Waals surface area contributed by atoms with Gasteiger partial charge in [-0.1, -0.05) is 12.8 Å². The molecule has 8 nitrogen and oxygen atoms in total. The van der Waals surface area contributed by atoms with Crippen LogP contribution in [0.15, 0.2) is 24.3 Å². The van der Waals surface area contributed by atoms with E-state index >= 15 is 0 Å². The van der Waals surface area contributed by atoms with Crippen LogP contribution in [0, 0.1) is 0 Å². The molecule has 2 aliphatic rings. The molecule has 3 rings (SSSR count). The fourth-order valence-corrected chi connectivity index (χ4v) is 5.42. The van der Waals surface area contributed by atoms with Gasteiger partial charge < -0.3 is 5.32 Å². The van der Waals surface area contributed by atoms with Gasteiger partial charge in [0.05, 0.1) is 6.54 Å². The van der Waals surface area contributed by atoms with Crippen LogP contribution in [-0.2, 0) is 15.0 Å². The standard InChI is InChI=1S/C20H30N4O4S/c1-17(25)18-6-8-19(9-7-18)21-20(26)16-22-12-14-24(15-13-22)29(27,28)23-10-4-2-3-5-11-23/h6-9H,2-5,10-16H2,1H3,(H,21,26). The van der Waals surface area contributed by atoms with Gasteiger partial charge in [0.25, 0.3) is 10.2 Å². The maximum atomic E-state index is 12.9. The van der Waals surface area contributed by atoms with E-state index in [4.69, 9.17) is 0 Å². The van der Waals surface area contributed by atoms with Gasteiger partial charge in [-0.25, -0.2) is 0 Å². The van der Waals surface area contributed by atoms with Crippen LogP contribution in [0.4, 0.5) is 5.69 Å². The van der Waals surface area contributed by atoms with E-state index in [2.05, 4.69) is 5.32 Å². The summed E-state index contributed by atoms with van der Waals surface area (Å²) in [5.41, 5.74) is 1.24. The van der Waals surface area contributed by atoms with Crippen LogP contribution in [0.1, 0.15) is 43.0 Å². The van der Waals surface area contributed by atoms with Gasteiger partial charge in [0.15, 0.2) is 5.78 Å². The van der Waals surface area contributed by atoms with Crippen molar-refractivity contribution in [1.82, 2.24) is 13.5 Å². The molecule has 2 heterocycles. The largest absolute Gasteiger partial charge is 0.325 e. The van der Waals surface area contributed by atoms with Gasteiger partial charge in [-0.3, -0.25) is 14.5 Å². The zero-order chi connectivity index (χ0) is 20.9. The summed E-state index contributed by atoms with van der Waals surface area (Å²) in [6.07, 6.45) is 4.03. The van der Waals surface area contributed by atoms with E-state index in [1.807, 2.05) is 4.90 Å². The van der Waals surface area contributed by atoms with Crippen LogP contribution >= 0.6 is 0 Å². The summed E-state index contributed by atoms with van der Waals surface area (Å²) in [5.74, 6) is -0.166. The number of hydrogen-bond donors (Lipinski definition) is 1. The molecule has 1 aromatic carbocycles. The Balaban J connectivity index is 1.47. The van der Waals surface area contributed by atoms with Crippen molar-refractivity contribution in [2.24, 2.45) is 0 Å². The zero-order valence-corrected chi connectivity index (χ0v) is 17.8. The van der Waals surface area contributed by atoms with Crippen molar-refractivity contribution in [3.8, 4) is 0 Å². The van der Waals surface area contributed by atoms with E-state index in [1.165, 1.54) is 6.92 Å². The van der Waals surface area contributed by atoms with Gasteiger partial charge in [-0.15, -0.1) is 0 Å². The first-order valence-electron chi connectivity index (χ1n) is 10.2. The lowest BCUT2D eigenvalue weighted by molar-refractivity contribution is -0.117. The third-order valence-electron chi connectivity index (χ3n) is 5.49. The van der Waals surface area contributed by atoms with Crippen LogP contribution in [-0.4, -0.2) is 79.4 Å². The monoisotopic (exact) mass is 422 g/mol. The third kappa shape index (κ3) is 5.85. The highest BCUT2D eigenvalue weighted by Gasteiger charge is 2.32. The highest BCUT2D eigenvalue weighted by Crippen LogP contribution is 2.18. The molecular formula is C20H30N4O4S. The lowest BCUT2D eigenvalue weighted by Crippen LogP contribution is -2.54. The molecule has 2 saturated heterocycles. The second-order valence-electron chi connectivity index (χ2n) is 7.68. The molecule has 0 atom stereocenters. The van der Waals surface area contributed by atoms with Crippen LogP contribution in [0.5, 0.6) is 0 Å². The van der Waals surface area contributed by atoms with Crippen molar-refractivity contribution < 1.29 is 18.0 Å². The zero-order valence-electron chi connectivity index (χ0n) is 17.0. The number of hydrogen-bond acceptors (Lipinski definition) is 5. The maximum absolute atomic E-state index is 12.9. The number of benzene rings is 1. The molecule has 160 valence electrons. The van der Waals surface area contributed by atoms with E-state index in [9.17, 15) is 18.0 Å². The van der Waals surface area contributed by atoms with E-state index in [-0.39, 0.29) is 18.2 Å². The second-order valence-corrected chi connectivity index (χ2v) is 9.61. The average Bonchev–Trinajstić information content (AvgIpc) is 2.99. The number of nitrogens with one attached hydrogen (secondary N) is 1. The smallest absolute Gasteiger partial charge is 0.282 e. The Kier molecular flexibility index (Phi) is 7.39. The van der Waals surface area contributed by atoms with Crippen molar-refractivity contribution in [2.75, 3.05) is 51.1 Å². The van der Waals surface area contributed by atoms with Crippen molar-refractivity contribution in [3.63, 3.8) is 0 Å². The van der Waals surface area contributed by atoms with Crippen LogP contribution in [0.3, 0.4) is 0 Å². The first kappa shape index (κ1) is 21.9. The fraction of sp³-hybridized carbons (Fsp3) is 0.600. The third-order valence-corrected chi connectivity index (χ3v) is 7.53.